The molecule has 0 fully saturated rings. The Kier molecular flexibility index (Phi) is 3.37. The molecule has 1 amide bonds. The van der Waals surface area contributed by atoms with Crippen LogP contribution in [0.2, 0.25) is 0 Å². The van der Waals surface area contributed by atoms with Gasteiger partial charge in [0.25, 0.3) is 5.91 Å². The highest BCUT2D eigenvalue weighted by Crippen LogP contribution is 2.20. The molecule has 6 heteroatoms. The number of nitrogens with zero attached hydrogens (tertiary/aromatic N) is 3. The van der Waals surface area contributed by atoms with Crippen molar-refractivity contribution >= 4 is 11.6 Å². The summed E-state index contributed by atoms with van der Waals surface area (Å²) in [4.78, 5) is 12.4. The van der Waals surface area contributed by atoms with Crippen molar-refractivity contribution < 1.29 is 4.79 Å². The molecule has 1 aliphatic heterocycles. The summed E-state index contributed by atoms with van der Waals surface area (Å²) < 4.78 is 2.09. The van der Waals surface area contributed by atoms with Gasteiger partial charge in [-0.25, -0.2) is 0 Å². The maximum atomic E-state index is 12.4. The van der Waals surface area contributed by atoms with Crippen LogP contribution < -0.4 is 11.1 Å². The Morgan fingerprint density at radius 2 is 2.24 bits per heavy atom. The van der Waals surface area contributed by atoms with Gasteiger partial charge in [-0.3, -0.25) is 4.79 Å². The molecule has 2 heterocycles. The van der Waals surface area contributed by atoms with Crippen LogP contribution in [0.15, 0.2) is 18.2 Å². The molecule has 0 radical (unpaired) electrons. The number of fused-ring (bicyclic) bond motifs is 1. The average molecular weight is 285 g/mol. The summed E-state index contributed by atoms with van der Waals surface area (Å²) in [5.41, 5.74) is 7.87. The van der Waals surface area contributed by atoms with Gasteiger partial charge in [-0.05, 0) is 38.0 Å². The summed E-state index contributed by atoms with van der Waals surface area (Å²) >= 11 is 0. The maximum Gasteiger partial charge on any atom is 0.252 e. The third-order valence-corrected chi connectivity index (χ3v) is 3.99. The number of anilines is 1. The molecule has 2 aromatic rings. The highest BCUT2D eigenvalue weighted by Gasteiger charge is 2.23. The van der Waals surface area contributed by atoms with Crippen molar-refractivity contribution in [1.82, 2.24) is 20.1 Å². The molecule has 0 aliphatic carbocycles. The minimum absolute atomic E-state index is 0.136. The molecule has 21 heavy (non-hydrogen) atoms. The molecular formula is C15H19N5O. The van der Waals surface area contributed by atoms with Gasteiger partial charge in [-0.2, -0.15) is 0 Å². The second kappa shape index (κ2) is 5.20. The molecule has 0 bridgehead atoms. The molecule has 0 saturated heterocycles. The van der Waals surface area contributed by atoms with E-state index in [9.17, 15) is 4.79 Å². The monoisotopic (exact) mass is 285 g/mol. The Morgan fingerprint density at radius 3 is 3.05 bits per heavy atom. The van der Waals surface area contributed by atoms with Gasteiger partial charge >= 0.3 is 0 Å². The van der Waals surface area contributed by atoms with Crippen LogP contribution >= 0.6 is 0 Å². The lowest BCUT2D eigenvalue weighted by atomic mass is 10.1. The highest BCUT2D eigenvalue weighted by molar-refractivity contribution is 5.97. The SMILES string of the molecule is Cc1c(N)cccc1C(=O)NC(C)c1nnc2n1CCC2. The number of aryl methyl sites for hydroxylation is 1. The van der Waals surface area contributed by atoms with Crippen LogP contribution in [0.4, 0.5) is 5.69 Å². The topological polar surface area (TPSA) is 85.8 Å². The number of hydrogen-bond acceptors (Lipinski definition) is 4. The van der Waals surface area contributed by atoms with Crippen molar-refractivity contribution in [2.24, 2.45) is 0 Å². The van der Waals surface area contributed by atoms with Gasteiger partial charge in [0, 0.05) is 24.2 Å². The van der Waals surface area contributed by atoms with Gasteiger partial charge in [0.1, 0.15) is 5.82 Å². The van der Waals surface area contributed by atoms with Crippen LogP contribution in [0, 0.1) is 6.92 Å². The van der Waals surface area contributed by atoms with Crippen LogP contribution in [-0.4, -0.2) is 20.7 Å². The Bertz CT molecular complexity index is 691. The van der Waals surface area contributed by atoms with Gasteiger partial charge in [-0.1, -0.05) is 6.07 Å². The largest absolute Gasteiger partial charge is 0.398 e. The molecule has 1 aromatic carbocycles. The van der Waals surface area contributed by atoms with E-state index in [0.29, 0.717) is 11.3 Å². The van der Waals surface area contributed by atoms with Gasteiger partial charge in [-0.15, -0.1) is 10.2 Å². The fraction of sp³-hybridized carbons (Fsp3) is 0.400. The van der Waals surface area contributed by atoms with Crippen molar-refractivity contribution in [2.45, 2.75) is 39.3 Å². The summed E-state index contributed by atoms with van der Waals surface area (Å²) in [6.07, 6.45) is 2.05. The number of benzene rings is 1. The van der Waals surface area contributed by atoms with Gasteiger partial charge in [0.05, 0.1) is 6.04 Å². The summed E-state index contributed by atoms with van der Waals surface area (Å²) in [6.45, 7) is 4.70. The molecule has 3 N–H and O–H groups in total. The molecule has 110 valence electrons. The van der Waals surface area contributed by atoms with Crippen molar-refractivity contribution in [3.8, 4) is 0 Å². The smallest absolute Gasteiger partial charge is 0.252 e. The van der Waals surface area contributed by atoms with Crippen LogP contribution in [-0.2, 0) is 13.0 Å². The predicted octanol–water partition coefficient (Wildman–Crippen LogP) is 1.61. The zero-order valence-corrected chi connectivity index (χ0v) is 12.3. The molecule has 3 rings (SSSR count). The number of carbonyl (C=O) groups is 1. The first kappa shape index (κ1) is 13.6. The first-order valence-electron chi connectivity index (χ1n) is 7.16. The Hall–Kier alpha value is -2.37. The highest BCUT2D eigenvalue weighted by atomic mass is 16.1. The number of nitrogens with two attached hydrogens (primary N) is 1. The van der Waals surface area contributed by atoms with Crippen LogP contribution in [0.5, 0.6) is 0 Å². The third-order valence-electron chi connectivity index (χ3n) is 3.99. The minimum atomic E-state index is -0.183. The molecule has 1 aliphatic rings. The fourth-order valence-electron chi connectivity index (χ4n) is 2.73. The standard InChI is InChI=1S/C15H19N5O/c1-9-11(5-3-6-12(9)16)15(21)17-10(2)14-19-18-13-7-4-8-20(13)14/h3,5-6,10H,4,7-8,16H2,1-2H3,(H,17,21). The Balaban J connectivity index is 1.79. The van der Waals surface area contributed by atoms with Crippen molar-refractivity contribution in [2.75, 3.05) is 5.73 Å². The lowest BCUT2D eigenvalue weighted by molar-refractivity contribution is 0.0937. The molecule has 0 saturated carbocycles. The second-order valence-electron chi connectivity index (χ2n) is 5.44. The van der Waals surface area contributed by atoms with E-state index in [4.69, 9.17) is 5.73 Å². The third kappa shape index (κ3) is 2.37. The molecule has 6 nitrogen and oxygen atoms in total. The fourth-order valence-corrected chi connectivity index (χ4v) is 2.73. The second-order valence-corrected chi connectivity index (χ2v) is 5.44. The Morgan fingerprint density at radius 1 is 1.43 bits per heavy atom. The number of aromatic nitrogens is 3. The Labute approximate surface area is 123 Å². The van der Waals surface area contributed by atoms with Gasteiger partial charge in [0.2, 0.25) is 0 Å². The minimum Gasteiger partial charge on any atom is -0.398 e. The summed E-state index contributed by atoms with van der Waals surface area (Å²) in [5, 5.41) is 11.3. The van der Waals surface area contributed by atoms with E-state index in [1.165, 1.54) is 0 Å². The van der Waals surface area contributed by atoms with Crippen molar-refractivity contribution in [3.63, 3.8) is 0 Å². The van der Waals surface area contributed by atoms with Crippen LogP contribution in [0.1, 0.15) is 47.0 Å². The first-order valence-corrected chi connectivity index (χ1v) is 7.16. The van der Waals surface area contributed by atoms with E-state index < -0.39 is 0 Å². The van der Waals surface area contributed by atoms with Crippen LogP contribution in [0.3, 0.4) is 0 Å². The normalized spacial score (nSPS) is 14.8. The number of nitrogen functional groups attached to an aromatic ring is 1. The number of amides is 1. The van der Waals surface area contributed by atoms with E-state index in [2.05, 4.69) is 20.1 Å². The number of rotatable bonds is 3. The van der Waals surface area contributed by atoms with E-state index in [1.807, 2.05) is 13.8 Å². The predicted molar refractivity (Wildman–Crippen MR) is 79.8 cm³/mol. The lowest BCUT2D eigenvalue weighted by Crippen LogP contribution is -2.29. The number of nitrogens with one attached hydrogen (secondary N) is 1. The van der Waals surface area contributed by atoms with E-state index >= 15 is 0 Å². The lowest BCUT2D eigenvalue weighted by Gasteiger charge is -2.15. The van der Waals surface area contributed by atoms with Crippen molar-refractivity contribution in [3.05, 3.63) is 41.0 Å². The summed E-state index contributed by atoms with van der Waals surface area (Å²) in [7, 11) is 0. The summed E-state index contributed by atoms with van der Waals surface area (Å²) in [6, 6.07) is 5.18. The number of hydrogen-bond donors (Lipinski definition) is 2. The van der Waals surface area contributed by atoms with E-state index in [-0.39, 0.29) is 11.9 Å². The first-order chi connectivity index (χ1) is 10.1. The van der Waals surface area contributed by atoms with Crippen LogP contribution in [0.25, 0.3) is 0 Å². The number of carbonyl (C=O) groups excluding carboxylic acids is 1. The molecule has 1 atom stereocenters. The van der Waals surface area contributed by atoms with Crippen molar-refractivity contribution in [1.29, 1.82) is 0 Å². The van der Waals surface area contributed by atoms with Gasteiger partial charge in [0.15, 0.2) is 5.82 Å². The van der Waals surface area contributed by atoms with E-state index in [0.717, 1.165) is 36.6 Å². The van der Waals surface area contributed by atoms with Gasteiger partial charge < -0.3 is 15.6 Å². The zero-order chi connectivity index (χ0) is 15.0. The van der Waals surface area contributed by atoms with E-state index in [1.54, 1.807) is 18.2 Å². The maximum absolute atomic E-state index is 12.4. The summed E-state index contributed by atoms with van der Waals surface area (Å²) in [5.74, 6) is 1.69. The average Bonchev–Trinajstić information content (AvgIpc) is 3.03. The molecule has 1 unspecified atom stereocenters. The quantitative estimate of drug-likeness (QED) is 0.839. The molecular weight excluding hydrogens is 266 g/mol. The molecule has 1 aromatic heterocycles. The molecule has 0 spiro atoms. The zero-order valence-electron chi connectivity index (χ0n) is 12.3.